The highest BCUT2D eigenvalue weighted by molar-refractivity contribution is 4.92. The standard InChI is InChI=1S/C11H20N4O/c1-3-15-6-4-5-9(15)7-10-13-11(8-12-2)16-14-10/h9,12H,3-8H2,1-2H3. The lowest BCUT2D eigenvalue weighted by molar-refractivity contribution is 0.261. The van der Waals surface area contributed by atoms with Gasteiger partial charge in [-0.1, -0.05) is 12.1 Å². The van der Waals surface area contributed by atoms with Crippen LogP contribution in [0.2, 0.25) is 0 Å². The van der Waals surface area contributed by atoms with Gasteiger partial charge in [0.15, 0.2) is 5.82 Å². The number of hydrogen-bond donors (Lipinski definition) is 1. The molecule has 1 aliphatic rings. The van der Waals surface area contributed by atoms with Crippen molar-refractivity contribution in [1.82, 2.24) is 20.4 Å². The Bertz CT molecular complexity index is 326. The van der Waals surface area contributed by atoms with Gasteiger partial charge in [-0.25, -0.2) is 0 Å². The molecule has 90 valence electrons. The second kappa shape index (κ2) is 5.41. The first-order valence-electron chi connectivity index (χ1n) is 6.03. The molecular weight excluding hydrogens is 204 g/mol. The Morgan fingerprint density at radius 3 is 3.19 bits per heavy atom. The smallest absolute Gasteiger partial charge is 0.240 e. The summed E-state index contributed by atoms with van der Waals surface area (Å²) in [4.78, 5) is 6.86. The van der Waals surface area contributed by atoms with E-state index in [0.29, 0.717) is 18.5 Å². The second-order valence-electron chi connectivity index (χ2n) is 4.26. The van der Waals surface area contributed by atoms with Gasteiger partial charge in [-0.3, -0.25) is 0 Å². The van der Waals surface area contributed by atoms with E-state index in [1.807, 2.05) is 7.05 Å². The summed E-state index contributed by atoms with van der Waals surface area (Å²) in [6.45, 7) is 5.18. The van der Waals surface area contributed by atoms with E-state index in [0.717, 1.165) is 18.8 Å². The molecule has 2 rings (SSSR count). The Hall–Kier alpha value is -0.940. The van der Waals surface area contributed by atoms with Crippen molar-refractivity contribution in [2.24, 2.45) is 0 Å². The fourth-order valence-corrected chi connectivity index (χ4v) is 2.35. The minimum Gasteiger partial charge on any atom is -0.338 e. The first kappa shape index (κ1) is 11.5. The summed E-state index contributed by atoms with van der Waals surface area (Å²) < 4.78 is 5.14. The number of nitrogens with zero attached hydrogens (tertiary/aromatic N) is 3. The number of aromatic nitrogens is 2. The molecule has 1 aromatic rings. The molecule has 16 heavy (non-hydrogen) atoms. The van der Waals surface area contributed by atoms with Crippen LogP contribution in [0, 0.1) is 0 Å². The topological polar surface area (TPSA) is 54.2 Å². The van der Waals surface area contributed by atoms with Crippen LogP contribution in [0.3, 0.4) is 0 Å². The van der Waals surface area contributed by atoms with Gasteiger partial charge in [-0.05, 0) is 33.0 Å². The fourth-order valence-electron chi connectivity index (χ4n) is 2.35. The van der Waals surface area contributed by atoms with Crippen LogP contribution >= 0.6 is 0 Å². The number of likely N-dealkylation sites (N-methyl/N-ethyl adjacent to an activating group) is 1. The molecule has 1 saturated heterocycles. The quantitative estimate of drug-likeness (QED) is 0.802. The average molecular weight is 224 g/mol. The molecule has 0 aliphatic carbocycles. The number of rotatable bonds is 5. The largest absolute Gasteiger partial charge is 0.338 e. The molecule has 1 aromatic heterocycles. The maximum absolute atomic E-state index is 5.14. The minimum atomic E-state index is 0.602. The lowest BCUT2D eigenvalue weighted by Gasteiger charge is -2.20. The van der Waals surface area contributed by atoms with Gasteiger partial charge in [-0.15, -0.1) is 0 Å². The van der Waals surface area contributed by atoms with E-state index in [1.165, 1.54) is 19.4 Å². The van der Waals surface area contributed by atoms with Crippen LogP contribution in [-0.4, -0.2) is 41.2 Å². The lowest BCUT2D eigenvalue weighted by atomic mass is 10.1. The Balaban J connectivity index is 1.92. The van der Waals surface area contributed by atoms with Gasteiger partial charge in [0.25, 0.3) is 0 Å². The molecule has 1 fully saturated rings. The van der Waals surface area contributed by atoms with Crippen molar-refractivity contribution in [2.75, 3.05) is 20.1 Å². The summed E-state index contributed by atoms with van der Waals surface area (Å²) in [5.41, 5.74) is 0. The molecule has 1 aliphatic heterocycles. The maximum Gasteiger partial charge on any atom is 0.240 e. The van der Waals surface area contributed by atoms with E-state index < -0.39 is 0 Å². The number of hydrogen-bond acceptors (Lipinski definition) is 5. The predicted molar refractivity (Wildman–Crippen MR) is 61.0 cm³/mol. The summed E-state index contributed by atoms with van der Waals surface area (Å²) in [7, 11) is 1.87. The van der Waals surface area contributed by atoms with Crippen molar-refractivity contribution in [3.8, 4) is 0 Å². The molecule has 5 nitrogen and oxygen atoms in total. The molecule has 2 heterocycles. The molecule has 0 bridgehead atoms. The molecule has 0 radical (unpaired) electrons. The zero-order chi connectivity index (χ0) is 11.4. The van der Waals surface area contributed by atoms with Gasteiger partial charge >= 0.3 is 0 Å². The summed E-state index contributed by atoms with van der Waals surface area (Å²) >= 11 is 0. The van der Waals surface area contributed by atoms with Crippen molar-refractivity contribution in [1.29, 1.82) is 0 Å². The highest BCUT2D eigenvalue weighted by atomic mass is 16.5. The third kappa shape index (κ3) is 2.59. The van der Waals surface area contributed by atoms with Gasteiger partial charge in [-0.2, -0.15) is 4.98 Å². The van der Waals surface area contributed by atoms with E-state index in [4.69, 9.17) is 4.52 Å². The zero-order valence-corrected chi connectivity index (χ0v) is 10.1. The molecule has 0 spiro atoms. The second-order valence-corrected chi connectivity index (χ2v) is 4.26. The van der Waals surface area contributed by atoms with Crippen LogP contribution in [0.15, 0.2) is 4.52 Å². The third-order valence-electron chi connectivity index (χ3n) is 3.16. The van der Waals surface area contributed by atoms with Crippen LogP contribution in [0.25, 0.3) is 0 Å². The van der Waals surface area contributed by atoms with Crippen LogP contribution in [0.1, 0.15) is 31.5 Å². The van der Waals surface area contributed by atoms with Crippen LogP contribution in [0.4, 0.5) is 0 Å². The monoisotopic (exact) mass is 224 g/mol. The van der Waals surface area contributed by atoms with Crippen molar-refractivity contribution in [3.05, 3.63) is 11.7 Å². The molecule has 1 atom stereocenters. The van der Waals surface area contributed by atoms with Gasteiger partial charge in [0.2, 0.25) is 5.89 Å². The molecule has 0 amide bonds. The Labute approximate surface area is 96.2 Å². The van der Waals surface area contributed by atoms with E-state index in [9.17, 15) is 0 Å². The summed E-state index contributed by atoms with van der Waals surface area (Å²) in [6.07, 6.45) is 3.46. The molecule has 5 heteroatoms. The van der Waals surface area contributed by atoms with E-state index in [2.05, 4.69) is 27.3 Å². The highest BCUT2D eigenvalue weighted by Gasteiger charge is 2.24. The number of nitrogens with one attached hydrogen (secondary N) is 1. The molecule has 0 saturated carbocycles. The van der Waals surface area contributed by atoms with Crippen molar-refractivity contribution in [3.63, 3.8) is 0 Å². The van der Waals surface area contributed by atoms with E-state index >= 15 is 0 Å². The predicted octanol–water partition coefficient (Wildman–Crippen LogP) is 0.816. The van der Waals surface area contributed by atoms with Gasteiger partial charge in [0.05, 0.1) is 6.54 Å². The van der Waals surface area contributed by atoms with Crippen molar-refractivity contribution in [2.45, 2.75) is 38.8 Å². The van der Waals surface area contributed by atoms with Crippen molar-refractivity contribution >= 4 is 0 Å². The Kier molecular flexibility index (Phi) is 3.90. The van der Waals surface area contributed by atoms with Crippen LogP contribution in [-0.2, 0) is 13.0 Å². The van der Waals surface area contributed by atoms with Crippen LogP contribution < -0.4 is 5.32 Å². The van der Waals surface area contributed by atoms with Crippen LogP contribution in [0.5, 0.6) is 0 Å². The summed E-state index contributed by atoms with van der Waals surface area (Å²) in [6, 6.07) is 0.602. The molecule has 0 aromatic carbocycles. The summed E-state index contributed by atoms with van der Waals surface area (Å²) in [5, 5.41) is 7.02. The average Bonchev–Trinajstić information content (AvgIpc) is 2.89. The summed E-state index contributed by atoms with van der Waals surface area (Å²) in [5.74, 6) is 1.52. The molecule has 1 unspecified atom stereocenters. The SMILES string of the molecule is CCN1CCCC1Cc1noc(CNC)n1. The molecular formula is C11H20N4O. The van der Waals surface area contributed by atoms with Crippen molar-refractivity contribution < 1.29 is 4.52 Å². The zero-order valence-electron chi connectivity index (χ0n) is 10.1. The Morgan fingerprint density at radius 2 is 2.44 bits per heavy atom. The van der Waals surface area contributed by atoms with E-state index in [-0.39, 0.29) is 0 Å². The van der Waals surface area contributed by atoms with Gasteiger partial charge < -0.3 is 14.7 Å². The lowest BCUT2D eigenvalue weighted by Crippen LogP contribution is -2.31. The molecule has 1 N–H and O–H groups in total. The van der Waals surface area contributed by atoms with Gasteiger partial charge in [0.1, 0.15) is 0 Å². The minimum absolute atomic E-state index is 0.602. The third-order valence-corrected chi connectivity index (χ3v) is 3.16. The normalized spacial score (nSPS) is 21.8. The maximum atomic E-state index is 5.14. The van der Waals surface area contributed by atoms with E-state index in [1.54, 1.807) is 0 Å². The highest BCUT2D eigenvalue weighted by Crippen LogP contribution is 2.19. The first-order chi connectivity index (χ1) is 7.83. The first-order valence-corrected chi connectivity index (χ1v) is 6.03. The Morgan fingerprint density at radius 1 is 1.56 bits per heavy atom. The van der Waals surface area contributed by atoms with Gasteiger partial charge in [0, 0.05) is 12.5 Å². The fraction of sp³-hybridized carbons (Fsp3) is 0.818. The number of likely N-dealkylation sites (tertiary alicyclic amines) is 1.